The van der Waals surface area contributed by atoms with E-state index >= 15 is 0 Å². The second-order valence-electron chi connectivity index (χ2n) is 6.12. The Morgan fingerprint density at radius 3 is 2.60 bits per heavy atom. The number of hydrogen-bond acceptors (Lipinski definition) is 3. The largest absolute Gasteiger partial charge is 0.337 e. The molecule has 0 spiro atoms. The van der Waals surface area contributed by atoms with Gasteiger partial charge in [-0.3, -0.25) is 4.79 Å². The zero-order chi connectivity index (χ0) is 17.8. The van der Waals surface area contributed by atoms with Crippen molar-refractivity contribution in [2.45, 2.75) is 19.4 Å². The van der Waals surface area contributed by atoms with E-state index in [9.17, 15) is 10.1 Å². The van der Waals surface area contributed by atoms with E-state index in [1.165, 1.54) is 0 Å². The van der Waals surface area contributed by atoms with E-state index in [0.717, 1.165) is 23.1 Å². The van der Waals surface area contributed by atoms with Gasteiger partial charge in [0, 0.05) is 18.1 Å². The number of nitrogens with zero attached hydrogens (tertiary/aromatic N) is 3. The lowest BCUT2D eigenvalue weighted by molar-refractivity contribution is -0.134. The molecule has 0 N–H and O–H groups in total. The Kier molecular flexibility index (Phi) is 5.03. The van der Waals surface area contributed by atoms with E-state index in [1.54, 1.807) is 29.2 Å². The van der Waals surface area contributed by atoms with Gasteiger partial charge in [0.05, 0.1) is 17.7 Å². The third kappa shape index (κ3) is 3.82. The molecule has 2 aromatic carbocycles. The molecule has 0 fully saturated rings. The Bertz CT molecular complexity index is 877. The van der Waals surface area contributed by atoms with Crippen LogP contribution in [0.15, 0.2) is 42.5 Å². The molecule has 1 heterocycles. The Balaban J connectivity index is 1.71. The molecule has 3 rings (SSSR count). The molecule has 25 heavy (non-hydrogen) atoms. The third-order valence-corrected chi connectivity index (χ3v) is 4.70. The van der Waals surface area contributed by atoms with Crippen LogP contribution in [0.5, 0.6) is 0 Å². The summed E-state index contributed by atoms with van der Waals surface area (Å²) in [6, 6.07) is 16.9. The first-order valence-corrected chi connectivity index (χ1v) is 8.43. The number of nitriles is 2. The molecule has 0 aromatic heterocycles. The van der Waals surface area contributed by atoms with Crippen molar-refractivity contribution in [3.8, 4) is 12.1 Å². The number of fused-ring (bicyclic) bond motifs is 1. The van der Waals surface area contributed by atoms with Crippen molar-refractivity contribution in [2.75, 3.05) is 6.54 Å². The highest BCUT2D eigenvalue weighted by Gasteiger charge is 2.27. The predicted molar refractivity (Wildman–Crippen MR) is 94.5 cm³/mol. The van der Waals surface area contributed by atoms with Crippen LogP contribution >= 0.6 is 11.6 Å². The number of rotatable bonds is 3. The molecule has 0 aliphatic carbocycles. The molecule has 5 heteroatoms. The van der Waals surface area contributed by atoms with Crippen molar-refractivity contribution < 1.29 is 4.79 Å². The minimum Gasteiger partial charge on any atom is -0.337 e. The molecule has 2 aromatic rings. The van der Waals surface area contributed by atoms with Gasteiger partial charge in [0.15, 0.2) is 0 Å². The van der Waals surface area contributed by atoms with Crippen LogP contribution in [0.1, 0.15) is 22.3 Å². The highest BCUT2D eigenvalue weighted by Crippen LogP contribution is 2.24. The van der Waals surface area contributed by atoms with Crippen LogP contribution in [-0.4, -0.2) is 17.4 Å². The molecule has 1 amide bonds. The normalized spacial score (nSPS) is 14.1. The molecule has 0 saturated heterocycles. The van der Waals surface area contributed by atoms with E-state index < -0.39 is 5.92 Å². The Morgan fingerprint density at radius 2 is 1.92 bits per heavy atom. The van der Waals surface area contributed by atoms with Gasteiger partial charge in [0.2, 0.25) is 5.91 Å². The van der Waals surface area contributed by atoms with Crippen molar-refractivity contribution >= 4 is 17.5 Å². The van der Waals surface area contributed by atoms with E-state index in [-0.39, 0.29) is 5.91 Å². The first-order valence-electron chi connectivity index (χ1n) is 8.05. The maximum Gasteiger partial charge on any atom is 0.240 e. The summed E-state index contributed by atoms with van der Waals surface area (Å²) in [7, 11) is 0. The van der Waals surface area contributed by atoms with Crippen LogP contribution < -0.4 is 0 Å². The van der Waals surface area contributed by atoms with Gasteiger partial charge in [0.1, 0.15) is 5.92 Å². The van der Waals surface area contributed by atoms with Crippen molar-refractivity contribution in [3.63, 3.8) is 0 Å². The van der Waals surface area contributed by atoms with Gasteiger partial charge in [-0.25, -0.2) is 0 Å². The molecule has 0 saturated carbocycles. The minimum atomic E-state index is -0.721. The van der Waals surface area contributed by atoms with Gasteiger partial charge in [-0.1, -0.05) is 29.8 Å². The maximum atomic E-state index is 12.8. The number of halogens is 1. The second kappa shape index (κ2) is 7.38. The van der Waals surface area contributed by atoms with Crippen LogP contribution in [0, 0.1) is 28.6 Å². The van der Waals surface area contributed by atoms with Crippen molar-refractivity contribution in [2.24, 2.45) is 5.92 Å². The van der Waals surface area contributed by atoms with Gasteiger partial charge < -0.3 is 4.90 Å². The topological polar surface area (TPSA) is 67.9 Å². The number of carbonyl (C=O) groups excluding carboxylic acids is 1. The summed E-state index contributed by atoms with van der Waals surface area (Å²) < 4.78 is 0. The second-order valence-corrected chi connectivity index (χ2v) is 6.55. The number of benzene rings is 2. The van der Waals surface area contributed by atoms with Gasteiger partial charge in [-0.05, 0) is 53.8 Å². The highest BCUT2D eigenvalue weighted by atomic mass is 35.5. The van der Waals surface area contributed by atoms with Gasteiger partial charge in [-0.15, -0.1) is 0 Å². The molecule has 0 bridgehead atoms. The Labute approximate surface area is 151 Å². The summed E-state index contributed by atoms with van der Waals surface area (Å²) in [6.45, 7) is 1.11. The van der Waals surface area contributed by atoms with Gasteiger partial charge in [0.25, 0.3) is 0 Å². The molecular weight excluding hydrogens is 334 g/mol. The first-order chi connectivity index (χ1) is 12.1. The smallest absolute Gasteiger partial charge is 0.240 e. The molecule has 1 aliphatic rings. The fourth-order valence-electron chi connectivity index (χ4n) is 3.07. The van der Waals surface area contributed by atoms with Crippen LogP contribution in [0.2, 0.25) is 5.02 Å². The number of hydrogen-bond donors (Lipinski definition) is 0. The summed E-state index contributed by atoms with van der Waals surface area (Å²) in [5.41, 5.74) is 3.69. The van der Waals surface area contributed by atoms with Crippen molar-refractivity contribution in [1.29, 1.82) is 10.5 Å². The molecular formula is C20H16ClN3O. The standard InChI is InChI=1S/C20H16ClN3O/c21-19-6-5-17-13-24(8-7-16(17)10-19)20(25)18(12-23)9-14-1-3-15(11-22)4-2-14/h1-6,10,18H,7-9,13H2/t18-/m1/s1. The average molecular weight is 350 g/mol. The number of carbonyl (C=O) groups is 1. The SMILES string of the molecule is N#Cc1ccc(C[C@H](C#N)C(=O)N2CCc3cc(Cl)ccc3C2)cc1. The lowest BCUT2D eigenvalue weighted by Gasteiger charge is -2.30. The highest BCUT2D eigenvalue weighted by molar-refractivity contribution is 6.30. The minimum absolute atomic E-state index is 0.146. The summed E-state index contributed by atoms with van der Waals surface area (Å²) in [5.74, 6) is -0.866. The summed E-state index contributed by atoms with van der Waals surface area (Å²) in [6.07, 6.45) is 1.10. The van der Waals surface area contributed by atoms with E-state index in [2.05, 4.69) is 12.1 Å². The van der Waals surface area contributed by atoms with Gasteiger partial charge in [-0.2, -0.15) is 10.5 Å². The first kappa shape index (κ1) is 17.0. The zero-order valence-electron chi connectivity index (χ0n) is 13.6. The quantitative estimate of drug-likeness (QED) is 0.851. The van der Waals surface area contributed by atoms with Crippen LogP contribution in [0.4, 0.5) is 0 Å². The lowest BCUT2D eigenvalue weighted by atomic mass is 9.95. The summed E-state index contributed by atoms with van der Waals surface area (Å²) in [5, 5.41) is 19.0. The van der Waals surface area contributed by atoms with Gasteiger partial charge >= 0.3 is 0 Å². The van der Waals surface area contributed by atoms with Crippen molar-refractivity contribution in [1.82, 2.24) is 4.90 Å². The summed E-state index contributed by atoms with van der Waals surface area (Å²) in [4.78, 5) is 14.5. The molecule has 4 nitrogen and oxygen atoms in total. The predicted octanol–water partition coefficient (Wildman–Crippen LogP) is 3.48. The van der Waals surface area contributed by atoms with E-state index in [4.69, 9.17) is 16.9 Å². The summed E-state index contributed by atoms with van der Waals surface area (Å²) >= 11 is 6.02. The number of amides is 1. The zero-order valence-corrected chi connectivity index (χ0v) is 14.3. The van der Waals surface area contributed by atoms with Crippen LogP contribution in [-0.2, 0) is 24.2 Å². The molecule has 1 atom stereocenters. The fourth-order valence-corrected chi connectivity index (χ4v) is 3.26. The average Bonchev–Trinajstić information content (AvgIpc) is 2.65. The molecule has 124 valence electrons. The Hall–Kier alpha value is -2.82. The molecule has 0 unspecified atom stereocenters. The van der Waals surface area contributed by atoms with Crippen molar-refractivity contribution in [3.05, 3.63) is 69.7 Å². The lowest BCUT2D eigenvalue weighted by Crippen LogP contribution is -2.40. The molecule has 1 aliphatic heterocycles. The third-order valence-electron chi connectivity index (χ3n) is 4.47. The van der Waals surface area contributed by atoms with Crippen LogP contribution in [0.3, 0.4) is 0 Å². The van der Waals surface area contributed by atoms with E-state index in [0.29, 0.717) is 30.1 Å². The Morgan fingerprint density at radius 1 is 1.16 bits per heavy atom. The molecule has 0 radical (unpaired) electrons. The fraction of sp³-hybridized carbons (Fsp3) is 0.250. The monoisotopic (exact) mass is 349 g/mol. The maximum absolute atomic E-state index is 12.8. The van der Waals surface area contributed by atoms with Crippen LogP contribution in [0.25, 0.3) is 0 Å². The van der Waals surface area contributed by atoms with E-state index in [1.807, 2.05) is 18.2 Å².